The van der Waals surface area contributed by atoms with E-state index < -0.39 is 0 Å². The Morgan fingerprint density at radius 3 is 3.00 bits per heavy atom. The molecule has 0 saturated carbocycles. The van der Waals surface area contributed by atoms with Gasteiger partial charge < -0.3 is 9.26 Å². The predicted octanol–water partition coefficient (Wildman–Crippen LogP) is 2.15. The average Bonchev–Trinajstić information content (AvgIpc) is 3.16. The molecule has 6 nitrogen and oxygen atoms in total. The van der Waals surface area contributed by atoms with Gasteiger partial charge in [0.05, 0.1) is 11.8 Å². The molecule has 0 radical (unpaired) electrons. The maximum Gasteiger partial charge on any atom is 0.268 e. The number of nitrogens with zero attached hydrogens (tertiary/aromatic N) is 4. The van der Waals surface area contributed by atoms with E-state index in [2.05, 4.69) is 15.2 Å². The first kappa shape index (κ1) is 11.2. The summed E-state index contributed by atoms with van der Waals surface area (Å²) < 4.78 is 12.9. The van der Waals surface area contributed by atoms with Crippen LogP contribution in [-0.2, 0) is 13.5 Å². The highest BCUT2D eigenvalue weighted by Crippen LogP contribution is 2.36. The summed E-state index contributed by atoms with van der Waals surface area (Å²) in [7, 11) is 1.85. The third-order valence-electron chi connectivity index (χ3n) is 3.33. The van der Waals surface area contributed by atoms with Crippen molar-refractivity contribution < 1.29 is 9.26 Å². The van der Waals surface area contributed by atoms with E-state index >= 15 is 0 Å². The first-order valence-electron chi connectivity index (χ1n) is 6.37. The molecule has 0 unspecified atom stereocenters. The highest BCUT2D eigenvalue weighted by molar-refractivity contribution is 5.51. The predicted molar refractivity (Wildman–Crippen MR) is 70.0 cm³/mol. The van der Waals surface area contributed by atoms with E-state index in [0.717, 1.165) is 17.7 Å². The van der Waals surface area contributed by atoms with Gasteiger partial charge in [-0.3, -0.25) is 4.68 Å². The van der Waals surface area contributed by atoms with Crippen LogP contribution in [0.4, 0.5) is 0 Å². The van der Waals surface area contributed by atoms with Gasteiger partial charge in [-0.15, -0.1) is 0 Å². The molecule has 0 N–H and O–H groups in total. The minimum Gasteiger partial charge on any atom is -0.480 e. The molecule has 0 fully saturated rings. The third-order valence-corrected chi connectivity index (χ3v) is 3.33. The Morgan fingerprint density at radius 2 is 2.20 bits per heavy atom. The van der Waals surface area contributed by atoms with Gasteiger partial charge in [0.1, 0.15) is 5.75 Å². The first-order valence-corrected chi connectivity index (χ1v) is 6.37. The van der Waals surface area contributed by atoms with Crippen LogP contribution in [0.15, 0.2) is 41.2 Å². The number of hydrogen-bond donors (Lipinski definition) is 0. The molecule has 1 aromatic carbocycles. The molecule has 1 atom stereocenters. The average molecular weight is 268 g/mol. The maximum absolute atomic E-state index is 5.83. The maximum atomic E-state index is 5.83. The second kappa shape index (κ2) is 4.19. The zero-order valence-corrected chi connectivity index (χ0v) is 10.9. The van der Waals surface area contributed by atoms with Crippen molar-refractivity contribution in [3.8, 4) is 17.1 Å². The molecule has 3 aromatic rings. The van der Waals surface area contributed by atoms with Gasteiger partial charge in [-0.05, 0) is 11.6 Å². The lowest BCUT2D eigenvalue weighted by Gasteiger charge is -2.03. The monoisotopic (exact) mass is 268 g/mol. The minimum absolute atomic E-state index is 0.203. The van der Waals surface area contributed by atoms with Crippen LogP contribution in [0.5, 0.6) is 5.75 Å². The molecule has 0 aliphatic carbocycles. The number of para-hydroxylation sites is 1. The third kappa shape index (κ3) is 1.77. The Bertz CT molecular complexity index is 737. The topological polar surface area (TPSA) is 66.0 Å². The van der Waals surface area contributed by atoms with Crippen LogP contribution in [0.1, 0.15) is 17.6 Å². The number of ether oxygens (including phenoxy) is 1. The van der Waals surface area contributed by atoms with Crippen molar-refractivity contribution in [3.05, 3.63) is 48.1 Å². The van der Waals surface area contributed by atoms with Gasteiger partial charge in [0.2, 0.25) is 5.82 Å². The number of benzene rings is 1. The zero-order chi connectivity index (χ0) is 13.5. The molecule has 3 heterocycles. The number of rotatable bonds is 2. The Morgan fingerprint density at radius 1 is 1.30 bits per heavy atom. The highest BCUT2D eigenvalue weighted by atomic mass is 16.5. The Hall–Kier alpha value is -2.63. The summed E-state index contributed by atoms with van der Waals surface area (Å²) >= 11 is 0. The van der Waals surface area contributed by atoms with Gasteiger partial charge in [0, 0.05) is 19.7 Å². The van der Waals surface area contributed by atoms with Gasteiger partial charge in [0.25, 0.3) is 5.89 Å². The number of aryl methyl sites for hydroxylation is 1. The van der Waals surface area contributed by atoms with Crippen molar-refractivity contribution in [1.29, 1.82) is 0 Å². The smallest absolute Gasteiger partial charge is 0.268 e. The fraction of sp³-hybridized carbons (Fsp3) is 0.214. The van der Waals surface area contributed by atoms with Gasteiger partial charge >= 0.3 is 0 Å². The van der Waals surface area contributed by atoms with Crippen LogP contribution in [0.25, 0.3) is 11.4 Å². The van der Waals surface area contributed by atoms with E-state index in [1.165, 1.54) is 5.56 Å². The first-order chi connectivity index (χ1) is 9.79. The lowest BCUT2D eigenvalue weighted by molar-refractivity contribution is 0.183. The SMILES string of the molecule is Cn1cc(-c2noc([C@H]3Cc4ccccc4O3)n2)cn1. The summed E-state index contributed by atoms with van der Waals surface area (Å²) in [4.78, 5) is 4.40. The quantitative estimate of drug-likeness (QED) is 0.712. The van der Waals surface area contributed by atoms with Crippen molar-refractivity contribution >= 4 is 0 Å². The van der Waals surface area contributed by atoms with Crippen LogP contribution in [-0.4, -0.2) is 19.9 Å². The van der Waals surface area contributed by atoms with E-state index in [9.17, 15) is 0 Å². The van der Waals surface area contributed by atoms with Crippen LogP contribution in [0.3, 0.4) is 0 Å². The molecule has 100 valence electrons. The molecule has 20 heavy (non-hydrogen) atoms. The number of hydrogen-bond acceptors (Lipinski definition) is 5. The van der Waals surface area contributed by atoms with Gasteiger partial charge in [-0.2, -0.15) is 10.1 Å². The van der Waals surface area contributed by atoms with E-state index in [1.807, 2.05) is 37.5 Å². The van der Waals surface area contributed by atoms with Gasteiger partial charge in [-0.25, -0.2) is 0 Å². The van der Waals surface area contributed by atoms with Crippen molar-refractivity contribution in [2.45, 2.75) is 12.5 Å². The number of aromatic nitrogens is 4. The summed E-state index contributed by atoms with van der Waals surface area (Å²) in [5.41, 5.74) is 2.00. The normalized spacial score (nSPS) is 16.9. The van der Waals surface area contributed by atoms with E-state index in [-0.39, 0.29) is 6.10 Å². The molecule has 2 aromatic heterocycles. The number of fused-ring (bicyclic) bond motifs is 1. The molecule has 0 saturated heterocycles. The standard InChI is InChI=1S/C14H12N4O2/c1-18-8-10(7-15-18)13-16-14(20-17-13)12-6-9-4-2-3-5-11(9)19-12/h2-5,7-8,12H,6H2,1H3/t12-/m1/s1. The van der Waals surface area contributed by atoms with Crippen LogP contribution in [0, 0.1) is 0 Å². The van der Waals surface area contributed by atoms with Crippen LogP contribution in [0.2, 0.25) is 0 Å². The molecule has 4 rings (SSSR count). The summed E-state index contributed by atoms with van der Waals surface area (Å²) in [5.74, 6) is 1.92. The van der Waals surface area contributed by atoms with Gasteiger partial charge in [-0.1, -0.05) is 23.4 Å². The van der Waals surface area contributed by atoms with Crippen molar-refractivity contribution in [2.75, 3.05) is 0 Å². The van der Waals surface area contributed by atoms with Crippen LogP contribution < -0.4 is 4.74 Å². The molecule has 6 heteroatoms. The van der Waals surface area contributed by atoms with E-state index in [1.54, 1.807) is 10.9 Å². The Balaban J connectivity index is 1.61. The molecule has 1 aliphatic heterocycles. The summed E-state index contributed by atoms with van der Waals surface area (Å²) in [6.45, 7) is 0. The van der Waals surface area contributed by atoms with Crippen molar-refractivity contribution in [1.82, 2.24) is 19.9 Å². The molecule has 0 bridgehead atoms. The van der Waals surface area contributed by atoms with E-state index in [4.69, 9.17) is 9.26 Å². The van der Waals surface area contributed by atoms with Crippen molar-refractivity contribution in [2.24, 2.45) is 7.05 Å². The molecular formula is C14H12N4O2. The highest BCUT2D eigenvalue weighted by Gasteiger charge is 2.29. The van der Waals surface area contributed by atoms with Crippen LogP contribution >= 0.6 is 0 Å². The lowest BCUT2D eigenvalue weighted by atomic mass is 10.1. The molecular weight excluding hydrogens is 256 g/mol. The summed E-state index contributed by atoms with van der Waals surface area (Å²) in [6.07, 6.45) is 4.10. The fourth-order valence-electron chi connectivity index (χ4n) is 2.34. The Labute approximate surface area is 115 Å². The summed E-state index contributed by atoms with van der Waals surface area (Å²) in [6, 6.07) is 7.96. The van der Waals surface area contributed by atoms with Gasteiger partial charge in [0.15, 0.2) is 6.10 Å². The minimum atomic E-state index is -0.203. The zero-order valence-electron chi connectivity index (χ0n) is 10.9. The molecule has 0 amide bonds. The second-order valence-electron chi connectivity index (χ2n) is 4.78. The van der Waals surface area contributed by atoms with E-state index in [0.29, 0.717) is 11.7 Å². The fourth-order valence-corrected chi connectivity index (χ4v) is 2.34. The largest absolute Gasteiger partial charge is 0.480 e. The summed E-state index contributed by atoms with van der Waals surface area (Å²) in [5, 5.41) is 8.08. The molecule has 1 aliphatic rings. The van der Waals surface area contributed by atoms with Crippen molar-refractivity contribution in [3.63, 3.8) is 0 Å². The molecule has 0 spiro atoms. The Kier molecular flexibility index (Phi) is 2.35. The lowest BCUT2D eigenvalue weighted by Crippen LogP contribution is -2.03. The second-order valence-corrected chi connectivity index (χ2v) is 4.78.